The van der Waals surface area contributed by atoms with Gasteiger partial charge in [-0.2, -0.15) is 4.98 Å². The Morgan fingerprint density at radius 1 is 1.32 bits per heavy atom. The predicted molar refractivity (Wildman–Crippen MR) is 107 cm³/mol. The highest BCUT2D eigenvalue weighted by molar-refractivity contribution is 7.71. The number of amides is 1. The van der Waals surface area contributed by atoms with Gasteiger partial charge < -0.3 is 20.3 Å². The quantitative estimate of drug-likeness (QED) is 0.498. The van der Waals surface area contributed by atoms with Crippen LogP contribution in [0.25, 0.3) is 11.2 Å². The molecule has 0 aliphatic carbocycles. The standard InChI is InChI=1S/C18H20N6O3S/c25-15-13-14(20-16(28)22-15)21-17(24(13)9-11-5-2-1-3-6-11)23-8-4-7-12(10-23)19-18(26)27/h1-3,5-6,12,19H,4,7-10H2,(H,26,27)(H2,20,22,25,28). The lowest BCUT2D eigenvalue weighted by molar-refractivity contribution is 0.188. The third kappa shape index (κ3) is 3.63. The van der Waals surface area contributed by atoms with Gasteiger partial charge in [-0.25, -0.2) is 4.79 Å². The van der Waals surface area contributed by atoms with Gasteiger partial charge in [-0.15, -0.1) is 0 Å². The second kappa shape index (κ2) is 7.47. The highest BCUT2D eigenvalue weighted by Gasteiger charge is 2.26. The molecule has 1 amide bonds. The molecule has 2 aromatic heterocycles. The molecule has 1 atom stereocenters. The molecule has 4 rings (SSSR count). The van der Waals surface area contributed by atoms with Crippen LogP contribution in [0.5, 0.6) is 0 Å². The van der Waals surface area contributed by atoms with Gasteiger partial charge in [0.15, 0.2) is 15.9 Å². The molecule has 1 unspecified atom stereocenters. The normalized spacial score (nSPS) is 17.0. The van der Waals surface area contributed by atoms with E-state index in [1.807, 2.05) is 39.8 Å². The number of nitrogens with zero attached hydrogens (tertiary/aromatic N) is 3. The summed E-state index contributed by atoms with van der Waals surface area (Å²) in [7, 11) is 0. The summed E-state index contributed by atoms with van der Waals surface area (Å²) in [5.41, 5.74) is 1.57. The van der Waals surface area contributed by atoms with Crippen LogP contribution in [0.15, 0.2) is 35.1 Å². The Morgan fingerprint density at radius 3 is 2.86 bits per heavy atom. The zero-order chi connectivity index (χ0) is 19.7. The molecule has 146 valence electrons. The minimum Gasteiger partial charge on any atom is -0.465 e. The number of piperidine rings is 1. The third-order valence-corrected chi connectivity index (χ3v) is 5.04. The van der Waals surface area contributed by atoms with Gasteiger partial charge in [-0.1, -0.05) is 30.3 Å². The second-order valence-corrected chi connectivity index (χ2v) is 7.23. The van der Waals surface area contributed by atoms with Crippen LogP contribution < -0.4 is 15.8 Å². The molecule has 1 aromatic carbocycles. The molecule has 0 radical (unpaired) electrons. The number of benzene rings is 1. The van der Waals surface area contributed by atoms with Gasteiger partial charge in [0.05, 0.1) is 6.54 Å². The van der Waals surface area contributed by atoms with Crippen molar-refractivity contribution in [3.8, 4) is 0 Å². The van der Waals surface area contributed by atoms with Crippen LogP contribution in [0.1, 0.15) is 18.4 Å². The van der Waals surface area contributed by atoms with Crippen molar-refractivity contribution in [2.75, 3.05) is 18.0 Å². The average Bonchev–Trinajstić information content (AvgIpc) is 3.00. The first-order valence-electron chi connectivity index (χ1n) is 9.02. The zero-order valence-electron chi connectivity index (χ0n) is 15.0. The number of hydrogen-bond acceptors (Lipinski definition) is 5. The van der Waals surface area contributed by atoms with Crippen LogP contribution in [0.4, 0.5) is 10.7 Å². The van der Waals surface area contributed by atoms with Gasteiger partial charge in [-0.05, 0) is 30.6 Å². The monoisotopic (exact) mass is 400 g/mol. The first-order valence-corrected chi connectivity index (χ1v) is 9.43. The number of fused-ring (bicyclic) bond motifs is 1. The third-order valence-electron chi connectivity index (χ3n) is 4.84. The molecule has 9 nitrogen and oxygen atoms in total. The number of imidazole rings is 1. The molecular formula is C18H20N6O3S. The van der Waals surface area contributed by atoms with Crippen LogP contribution in [-0.2, 0) is 6.54 Å². The first kappa shape index (κ1) is 18.2. The number of hydrogen-bond donors (Lipinski definition) is 4. The Kier molecular flexibility index (Phi) is 4.86. The Morgan fingerprint density at radius 2 is 2.11 bits per heavy atom. The summed E-state index contributed by atoms with van der Waals surface area (Å²) < 4.78 is 2.08. The van der Waals surface area contributed by atoms with E-state index in [4.69, 9.17) is 17.3 Å². The fourth-order valence-corrected chi connectivity index (χ4v) is 3.86. The van der Waals surface area contributed by atoms with Crippen molar-refractivity contribution in [2.45, 2.75) is 25.4 Å². The average molecular weight is 400 g/mol. The first-order chi connectivity index (χ1) is 13.5. The maximum atomic E-state index is 12.6. The summed E-state index contributed by atoms with van der Waals surface area (Å²) >= 11 is 5.08. The number of nitrogens with one attached hydrogen (secondary N) is 3. The highest BCUT2D eigenvalue weighted by atomic mass is 32.1. The van der Waals surface area contributed by atoms with Crippen LogP contribution in [0, 0.1) is 4.77 Å². The van der Waals surface area contributed by atoms with Gasteiger partial charge in [0.25, 0.3) is 5.56 Å². The van der Waals surface area contributed by atoms with Crippen molar-refractivity contribution in [1.82, 2.24) is 24.8 Å². The molecule has 1 aliphatic rings. The van der Waals surface area contributed by atoms with E-state index in [1.165, 1.54) is 0 Å². The lowest BCUT2D eigenvalue weighted by Gasteiger charge is -2.33. The molecule has 0 spiro atoms. The SMILES string of the molecule is O=C(O)NC1CCCN(c2nc3[nH]c(=S)[nH]c(=O)c3n2Cc2ccccc2)C1. The number of anilines is 1. The van der Waals surface area contributed by atoms with Gasteiger partial charge in [-0.3, -0.25) is 14.3 Å². The van der Waals surface area contributed by atoms with E-state index in [9.17, 15) is 9.59 Å². The largest absolute Gasteiger partial charge is 0.465 e. The maximum Gasteiger partial charge on any atom is 0.404 e. The highest BCUT2D eigenvalue weighted by Crippen LogP contribution is 2.24. The number of carbonyl (C=O) groups is 1. The molecule has 1 saturated heterocycles. The summed E-state index contributed by atoms with van der Waals surface area (Å²) in [5.74, 6) is 0.623. The van der Waals surface area contributed by atoms with Crippen molar-refractivity contribution in [2.24, 2.45) is 0 Å². The zero-order valence-corrected chi connectivity index (χ0v) is 15.8. The van der Waals surface area contributed by atoms with E-state index >= 15 is 0 Å². The van der Waals surface area contributed by atoms with Crippen LogP contribution in [-0.4, -0.2) is 49.9 Å². The number of carboxylic acid groups (broad SMARTS) is 1. The summed E-state index contributed by atoms with van der Waals surface area (Å²) in [4.78, 5) is 35.9. The molecule has 28 heavy (non-hydrogen) atoms. The lowest BCUT2D eigenvalue weighted by atomic mass is 10.1. The fourth-order valence-electron chi connectivity index (χ4n) is 3.67. The van der Waals surface area contributed by atoms with Gasteiger partial charge in [0.1, 0.15) is 0 Å². The molecule has 1 fully saturated rings. The molecule has 3 aromatic rings. The van der Waals surface area contributed by atoms with Crippen molar-refractivity contribution >= 4 is 35.4 Å². The van der Waals surface area contributed by atoms with E-state index < -0.39 is 6.09 Å². The number of rotatable bonds is 4. The van der Waals surface area contributed by atoms with Gasteiger partial charge in [0.2, 0.25) is 5.95 Å². The molecule has 4 N–H and O–H groups in total. The number of aromatic amines is 2. The van der Waals surface area contributed by atoms with Crippen molar-refractivity contribution in [1.29, 1.82) is 0 Å². The summed E-state index contributed by atoms with van der Waals surface area (Å²) in [6, 6.07) is 9.61. The van der Waals surface area contributed by atoms with E-state index in [0.717, 1.165) is 24.9 Å². The van der Waals surface area contributed by atoms with E-state index in [1.54, 1.807) is 0 Å². The van der Waals surface area contributed by atoms with E-state index in [2.05, 4.69) is 20.3 Å². The molecule has 3 heterocycles. The van der Waals surface area contributed by atoms with Crippen molar-refractivity contribution in [3.63, 3.8) is 0 Å². The smallest absolute Gasteiger partial charge is 0.404 e. The predicted octanol–water partition coefficient (Wildman–Crippen LogP) is 2.07. The molecular weight excluding hydrogens is 380 g/mol. The maximum absolute atomic E-state index is 12.6. The van der Waals surface area contributed by atoms with Crippen molar-refractivity contribution in [3.05, 3.63) is 51.0 Å². The minimum absolute atomic E-state index is 0.187. The molecule has 1 aliphatic heterocycles. The molecule has 0 bridgehead atoms. The Hall–Kier alpha value is -3.14. The Balaban J connectivity index is 1.79. The van der Waals surface area contributed by atoms with E-state index in [0.29, 0.717) is 30.2 Å². The topological polar surface area (TPSA) is 119 Å². The number of aromatic nitrogens is 4. The minimum atomic E-state index is -1.04. The van der Waals surface area contributed by atoms with Crippen LogP contribution in [0.3, 0.4) is 0 Å². The molecule has 10 heteroatoms. The molecule has 0 saturated carbocycles. The summed E-state index contributed by atoms with van der Waals surface area (Å²) in [6.45, 7) is 1.69. The number of H-pyrrole nitrogens is 2. The van der Waals surface area contributed by atoms with E-state index in [-0.39, 0.29) is 16.4 Å². The summed E-state index contributed by atoms with van der Waals surface area (Å²) in [6.07, 6.45) is 0.557. The lowest BCUT2D eigenvalue weighted by Crippen LogP contribution is -2.48. The Bertz CT molecular complexity index is 1120. The second-order valence-electron chi connectivity index (χ2n) is 6.82. The summed E-state index contributed by atoms with van der Waals surface area (Å²) in [5, 5.41) is 11.6. The Labute approximate surface area is 165 Å². The van der Waals surface area contributed by atoms with Crippen LogP contribution >= 0.6 is 12.2 Å². The fraction of sp³-hybridized carbons (Fsp3) is 0.333. The van der Waals surface area contributed by atoms with Crippen molar-refractivity contribution < 1.29 is 9.90 Å². The van der Waals surface area contributed by atoms with Gasteiger partial charge in [0, 0.05) is 19.1 Å². The van der Waals surface area contributed by atoms with Gasteiger partial charge >= 0.3 is 6.09 Å². The van der Waals surface area contributed by atoms with Crippen LogP contribution in [0.2, 0.25) is 0 Å².